The Morgan fingerprint density at radius 1 is 1.38 bits per heavy atom. The highest BCUT2D eigenvalue weighted by atomic mass is 15.1. The summed E-state index contributed by atoms with van der Waals surface area (Å²) >= 11 is 0. The number of imidazole rings is 1. The lowest BCUT2D eigenvalue weighted by Gasteiger charge is -2.02. The first-order valence-electron chi connectivity index (χ1n) is 4.92. The molecule has 0 bridgehead atoms. The maximum Gasteiger partial charge on any atom is 0.165 e. The fourth-order valence-electron chi connectivity index (χ4n) is 1.50. The highest BCUT2D eigenvalue weighted by Gasteiger charge is 2.06. The Hall–Kier alpha value is -2.18. The van der Waals surface area contributed by atoms with Crippen molar-refractivity contribution in [1.29, 1.82) is 5.41 Å². The van der Waals surface area contributed by atoms with Crippen molar-refractivity contribution in [2.45, 2.75) is 19.4 Å². The smallest absolute Gasteiger partial charge is 0.165 e. The first-order valence-corrected chi connectivity index (χ1v) is 4.92. The van der Waals surface area contributed by atoms with Gasteiger partial charge in [0.2, 0.25) is 0 Å². The number of rotatable bonds is 4. The number of amidine groups is 1. The van der Waals surface area contributed by atoms with Gasteiger partial charge in [0, 0.05) is 13.0 Å². The van der Waals surface area contributed by atoms with Gasteiger partial charge in [-0.3, -0.25) is 5.41 Å². The Kier molecular flexibility index (Phi) is 2.67. The van der Waals surface area contributed by atoms with Crippen molar-refractivity contribution < 1.29 is 0 Å². The van der Waals surface area contributed by atoms with Crippen molar-refractivity contribution in [3.8, 4) is 0 Å². The van der Waals surface area contributed by atoms with Crippen LogP contribution in [0.2, 0.25) is 0 Å². The van der Waals surface area contributed by atoms with Gasteiger partial charge in [0.25, 0.3) is 0 Å². The molecule has 0 amide bonds. The lowest BCUT2D eigenvalue weighted by atomic mass is 10.3. The number of aryl methyl sites for hydroxylation is 1. The molecule has 0 aliphatic carbocycles. The fraction of sp³-hybridized carbons (Fsp3) is 0.333. The van der Waals surface area contributed by atoms with E-state index in [-0.39, 0.29) is 5.84 Å². The molecule has 0 saturated carbocycles. The van der Waals surface area contributed by atoms with Crippen molar-refractivity contribution in [1.82, 2.24) is 19.5 Å². The van der Waals surface area contributed by atoms with Gasteiger partial charge in [-0.25, -0.2) is 15.0 Å². The summed E-state index contributed by atoms with van der Waals surface area (Å²) in [6.07, 6.45) is 4.45. The number of hydrogen-bond donors (Lipinski definition) is 3. The minimum Gasteiger partial charge on any atom is -0.388 e. The zero-order valence-corrected chi connectivity index (χ0v) is 8.72. The summed E-state index contributed by atoms with van der Waals surface area (Å²) in [6.45, 7) is 0.715. The van der Waals surface area contributed by atoms with Gasteiger partial charge < -0.3 is 16.0 Å². The van der Waals surface area contributed by atoms with Crippen molar-refractivity contribution in [3.63, 3.8) is 0 Å². The summed E-state index contributed by atoms with van der Waals surface area (Å²) in [5.74, 6) is 0.578. The molecule has 0 aliphatic heterocycles. The molecule has 2 rings (SSSR count). The summed E-state index contributed by atoms with van der Waals surface area (Å²) in [5.41, 5.74) is 12.3. The third-order valence-corrected chi connectivity index (χ3v) is 2.27. The van der Waals surface area contributed by atoms with E-state index >= 15 is 0 Å². The van der Waals surface area contributed by atoms with Gasteiger partial charge in [0.05, 0.1) is 12.2 Å². The molecule has 2 heterocycles. The molecule has 2 aromatic rings. The van der Waals surface area contributed by atoms with Crippen LogP contribution in [0.4, 0.5) is 5.82 Å². The van der Waals surface area contributed by atoms with Crippen LogP contribution in [0.25, 0.3) is 11.2 Å². The molecule has 7 heteroatoms. The lowest BCUT2D eigenvalue weighted by Crippen LogP contribution is -2.10. The summed E-state index contributed by atoms with van der Waals surface area (Å²) in [5, 5.41) is 7.13. The number of nitrogens with zero attached hydrogens (tertiary/aromatic N) is 4. The Morgan fingerprint density at radius 3 is 2.94 bits per heavy atom. The molecule has 16 heavy (non-hydrogen) atoms. The minimum atomic E-state index is 0.193. The van der Waals surface area contributed by atoms with Crippen molar-refractivity contribution >= 4 is 22.8 Å². The van der Waals surface area contributed by atoms with Crippen LogP contribution in [0.3, 0.4) is 0 Å². The molecule has 0 radical (unpaired) electrons. The molecule has 7 nitrogen and oxygen atoms in total. The number of anilines is 1. The van der Waals surface area contributed by atoms with Gasteiger partial charge in [0.15, 0.2) is 11.5 Å². The second-order valence-electron chi connectivity index (χ2n) is 3.50. The molecule has 0 spiro atoms. The van der Waals surface area contributed by atoms with Crippen LogP contribution in [-0.2, 0) is 6.54 Å². The molecule has 5 N–H and O–H groups in total. The van der Waals surface area contributed by atoms with Crippen LogP contribution in [-0.4, -0.2) is 25.4 Å². The molecule has 2 aromatic heterocycles. The molecule has 0 atom stereocenters. The van der Waals surface area contributed by atoms with Gasteiger partial charge in [-0.1, -0.05) is 0 Å². The average molecular weight is 219 g/mol. The Bertz CT molecular complexity index is 516. The Balaban J connectivity index is 2.19. The molecule has 0 aliphatic rings. The molecule has 84 valence electrons. The number of nitrogens with one attached hydrogen (secondary N) is 1. The molecular formula is C9H13N7. The maximum atomic E-state index is 7.13. The number of fused-ring (bicyclic) bond motifs is 1. The SMILES string of the molecule is N=C(N)CCCn1cnc2c(N)ncnc21. The number of hydrogen-bond acceptors (Lipinski definition) is 5. The lowest BCUT2D eigenvalue weighted by molar-refractivity contribution is 0.668. The van der Waals surface area contributed by atoms with Crippen LogP contribution in [0.15, 0.2) is 12.7 Å². The third kappa shape index (κ3) is 1.92. The number of aromatic nitrogens is 4. The van der Waals surface area contributed by atoms with Gasteiger partial charge in [-0.15, -0.1) is 0 Å². The highest BCUT2D eigenvalue weighted by Crippen LogP contribution is 2.14. The molecule has 0 unspecified atom stereocenters. The predicted molar refractivity (Wildman–Crippen MR) is 60.9 cm³/mol. The first kappa shape index (κ1) is 10.3. The maximum absolute atomic E-state index is 7.13. The largest absolute Gasteiger partial charge is 0.388 e. The van der Waals surface area contributed by atoms with Gasteiger partial charge >= 0.3 is 0 Å². The van der Waals surface area contributed by atoms with Crippen LogP contribution < -0.4 is 11.5 Å². The number of nitrogens with two attached hydrogens (primary N) is 2. The normalized spacial score (nSPS) is 10.8. The molecule has 0 aromatic carbocycles. The van der Waals surface area contributed by atoms with Crippen LogP contribution in [0.5, 0.6) is 0 Å². The summed E-state index contributed by atoms with van der Waals surface area (Å²) < 4.78 is 1.89. The highest BCUT2D eigenvalue weighted by molar-refractivity contribution is 5.81. The third-order valence-electron chi connectivity index (χ3n) is 2.27. The first-order chi connectivity index (χ1) is 7.68. The van der Waals surface area contributed by atoms with E-state index in [1.54, 1.807) is 6.33 Å². The van der Waals surface area contributed by atoms with Crippen molar-refractivity contribution in [3.05, 3.63) is 12.7 Å². The van der Waals surface area contributed by atoms with Crippen molar-refractivity contribution in [2.75, 3.05) is 5.73 Å². The average Bonchev–Trinajstić information content (AvgIpc) is 2.63. The van der Waals surface area contributed by atoms with E-state index in [9.17, 15) is 0 Å². The van der Waals surface area contributed by atoms with E-state index < -0.39 is 0 Å². The van der Waals surface area contributed by atoms with E-state index in [0.717, 1.165) is 12.1 Å². The van der Waals surface area contributed by atoms with Crippen LogP contribution in [0, 0.1) is 5.41 Å². The van der Waals surface area contributed by atoms with E-state index in [2.05, 4.69) is 15.0 Å². The van der Waals surface area contributed by atoms with Gasteiger partial charge in [-0.2, -0.15) is 0 Å². The number of nitrogen functional groups attached to an aromatic ring is 1. The molecule has 0 saturated heterocycles. The van der Waals surface area contributed by atoms with Gasteiger partial charge in [-0.05, 0) is 6.42 Å². The van der Waals surface area contributed by atoms with Crippen LogP contribution in [0.1, 0.15) is 12.8 Å². The monoisotopic (exact) mass is 219 g/mol. The quantitative estimate of drug-likeness (QED) is 0.498. The van der Waals surface area contributed by atoms with Gasteiger partial charge in [0.1, 0.15) is 11.8 Å². The minimum absolute atomic E-state index is 0.193. The zero-order chi connectivity index (χ0) is 11.5. The topological polar surface area (TPSA) is 119 Å². The summed E-state index contributed by atoms with van der Waals surface area (Å²) in [6, 6.07) is 0. The molecular weight excluding hydrogens is 206 g/mol. The Labute approximate surface area is 92.0 Å². The predicted octanol–water partition coefficient (Wildman–Crippen LogP) is 0.125. The van der Waals surface area contributed by atoms with E-state index in [1.807, 2.05) is 4.57 Å². The standard InChI is InChI=1S/C9H13N7/c10-6(11)2-1-3-16-5-15-7-8(12)13-4-14-9(7)16/h4-5H,1-3H2,(H3,10,11)(H2,12,13,14). The van der Waals surface area contributed by atoms with Crippen molar-refractivity contribution in [2.24, 2.45) is 5.73 Å². The summed E-state index contributed by atoms with van der Waals surface area (Å²) in [4.78, 5) is 12.1. The van der Waals surface area contributed by atoms with E-state index in [4.69, 9.17) is 16.9 Å². The molecule has 0 fully saturated rings. The van der Waals surface area contributed by atoms with E-state index in [1.165, 1.54) is 6.33 Å². The fourth-order valence-corrected chi connectivity index (χ4v) is 1.50. The van der Waals surface area contributed by atoms with E-state index in [0.29, 0.717) is 24.3 Å². The van der Waals surface area contributed by atoms with Crippen LogP contribution >= 0.6 is 0 Å². The summed E-state index contributed by atoms with van der Waals surface area (Å²) in [7, 11) is 0. The second-order valence-corrected chi connectivity index (χ2v) is 3.50. The second kappa shape index (κ2) is 4.13. The zero-order valence-electron chi connectivity index (χ0n) is 8.72. The Morgan fingerprint density at radius 2 is 2.19 bits per heavy atom.